The first-order valence-electron chi connectivity index (χ1n) is 7.45. The molecule has 1 N–H and O–H groups in total. The van der Waals surface area contributed by atoms with Crippen molar-refractivity contribution in [3.8, 4) is 0 Å². The van der Waals surface area contributed by atoms with E-state index in [0.29, 0.717) is 25.8 Å². The fourth-order valence-corrected chi connectivity index (χ4v) is 2.89. The molecule has 1 amide bonds. The number of hydrogen-bond donors (Lipinski definition) is 1. The topological polar surface area (TPSA) is 79.2 Å². The van der Waals surface area contributed by atoms with E-state index in [-0.39, 0.29) is 12.5 Å². The van der Waals surface area contributed by atoms with Gasteiger partial charge in [0.25, 0.3) is 5.91 Å². The minimum absolute atomic E-state index is 0.166. The van der Waals surface area contributed by atoms with Crippen molar-refractivity contribution in [3.63, 3.8) is 0 Å². The van der Waals surface area contributed by atoms with Crippen molar-refractivity contribution >= 4 is 17.6 Å². The first kappa shape index (κ1) is 14.6. The fraction of sp³-hybridized carbons (Fsp3) is 0.438. The average Bonchev–Trinajstić information content (AvgIpc) is 3.05. The lowest BCUT2D eigenvalue weighted by atomic mass is 9.97. The SMILES string of the molecule is O=C(O)C1CCCN(C(=O)C2CC(c3ccccc3)=NO2)C1. The molecule has 2 unspecified atom stereocenters. The van der Waals surface area contributed by atoms with Crippen LogP contribution in [0.4, 0.5) is 0 Å². The second kappa shape index (κ2) is 6.17. The Morgan fingerprint density at radius 2 is 2.05 bits per heavy atom. The van der Waals surface area contributed by atoms with Crippen LogP contribution in [-0.4, -0.2) is 46.8 Å². The number of aliphatic carboxylic acids is 1. The van der Waals surface area contributed by atoms with Gasteiger partial charge in [-0.15, -0.1) is 0 Å². The molecule has 6 nitrogen and oxygen atoms in total. The highest BCUT2D eigenvalue weighted by atomic mass is 16.6. The van der Waals surface area contributed by atoms with Gasteiger partial charge in [-0.3, -0.25) is 9.59 Å². The third-order valence-corrected chi connectivity index (χ3v) is 4.13. The predicted molar refractivity (Wildman–Crippen MR) is 79.4 cm³/mol. The fourth-order valence-electron chi connectivity index (χ4n) is 2.89. The molecule has 116 valence electrons. The number of carboxylic acids is 1. The van der Waals surface area contributed by atoms with Crippen LogP contribution in [0.15, 0.2) is 35.5 Å². The Labute approximate surface area is 128 Å². The number of carbonyl (C=O) groups is 2. The maximum absolute atomic E-state index is 12.5. The highest BCUT2D eigenvalue weighted by molar-refractivity contribution is 6.04. The number of benzene rings is 1. The summed E-state index contributed by atoms with van der Waals surface area (Å²) in [7, 11) is 0. The Balaban J connectivity index is 1.62. The van der Waals surface area contributed by atoms with Gasteiger partial charge in [-0.05, 0) is 18.4 Å². The lowest BCUT2D eigenvalue weighted by molar-refractivity contribution is -0.149. The molecule has 1 saturated heterocycles. The monoisotopic (exact) mass is 302 g/mol. The standard InChI is InChI=1S/C16H18N2O4/c19-15(18-8-4-7-12(10-18)16(20)21)14-9-13(17-22-14)11-5-2-1-3-6-11/h1-3,5-6,12,14H,4,7-10H2,(H,20,21). The Bertz CT molecular complexity index is 599. The van der Waals surface area contributed by atoms with Crippen molar-refractivity contribution in [3.05, 3.63) is 35.9 Å². The predicted octanol–water partition coefficient (Wildman–Crippen LogP) is 1.50. The molecule has 0 aliphatic carbocycles. The molecule has 2 heterocycles. The highest BCUT2D eigenvalue weighted by Crippen LogP contribution is 2.22. The molecular formula is C16H18N2O4. The van der Waals surface area contributed by atoms with Crippen LogP contribution in [0.5, 0.6) is 0 Å². The maximum atomic E-state index is 12.5. The zero-order valence-corrected chi connectivity index (χ0v) is 12.1. The number of nitrogens with zero attached hydrogens (tertiary/aromatic N) is 2. The lowest BCUT2D eigenvalue weighted by Gasteiger charge is -2.31. The van der Waals surface area contributed by atoms with Crippen molar-refractivity contribution < 1.29 is 19.5 Å². The number of carboxylic acid groups (broad SMARTS) is 1. The zero-order chi connectivity index (χ0) is 15.5. The summed E-state index contributed by atoms with van der Waals surface area (Å²) in [4.78, 5) is 30.4. The Morgan fingerprint density at radius 3 is 2.77 bits per heavy atom. The minimum Gasteiger partial charge on any atom is -0.481 e. The summed E-state index contributed by atoms with van der Waals surface area (Å²) < 4.78 is 0. The van der Waals surface area contributed by atoms with Gasteiger partial charge < -0.3 is 14.8 Å². The molecule has 0 aromatic heterocycles. The first-order valence-corrected chi connectivity index (χ1v) is 7.45. The number of amides is 1. The van der Waals surface area contributed by atoms with E-state index in [2.05, 4.69) is 5.16 Å². The van der Waals surface area contributed by atoms with Gasteiger partial charge in [0.1, 0.15) is 0 Å². The molecule has 1 fully saturated rings. The Kier molecular flexibility index (Phi) is 4.09. The van der Waals surface area contributed by atoms with Gasteiger partial charge in [0, 0.05) is 19.5 Å². The van der Waals surface area contributed by atoms with Crippen molar-refractivity contribution in [2.24, 2.45) is 11.1 Å². The largest absolute Gasteiger partial charge is 0.481 e. The number of piperidine rings is 1. The number of rotatable bonds is 3. The summed E-state index contributed by atoms with van der Waals surface area (Å²) in [6.07, 6.45) is 1.12. The maximum Gasteiger partial charge on any atom is 0.308 e. The van der Waals surface area contributed by atoms with E-state index in [0.717, 1.165) is 11.3 Å². The second-order valence-corrected chi connectivity index (χ2v) is 5.66. The van der Waals surface area contributed by atoms with Crippen LogP contribution in [-0.2, 0) is 14.4 Å². The van der Waals surface area contributed by atoms with Crippen LogP contribution < -0.4 is 0 Å². The Morgan fingerprint density at radius 1 is 1.27 bits per heavy atom. The quantitative estimate of drug-likeness (QED) is 0.917. The molecule has 1 aromatic rings. The summed E-state index contributed by atoms with van der Waals surface area (Å²) in [5.74, 6) is -1.49. The van der Waals surface area contributed by atoms with Crippen molar-refractivity contribution in [2.75, 3.05) is 13.1 Å². The first-order chi connectivity index (χ1) is 10.6. The number of carbonyl (C=O) groups excluding carboxylic acids is 1. The van der Waals surface area contributed by atoms with Crippen molar-refractivity contribution in [2.45, 2.75) is 25.4 Å². The number of hydrogen-bond acceptors (Lipinski definition) is 4. The summed E-state index contributed by atoms with van der Waals surface area (Å²) in [6.45, 7) is 0.845. The normalized spacial score (nSPS) is 24.5. The summed E-state index contributed by atoms with van der Waals surface area (Å²) in [5.41, 5.74) is 1.70. The van der Waals surface area contributed by atoms with Crippen LogP contribution in [0.25, 0.3) is 0 Å². The van der Waals surface area contributed by atoms with E-state index in [9.17, 15) is 9.59 Å². The minimum atomic E-state index is -0.842. The van der Waals surface area contributed by atoms with Gasteiger partial charge in [0.2, 0.25) is 6.10 Å². The smallest absolute Gasteiger partial charge is 0.308 e. The molecule has 0 bridgehead atoms. The highest BCUT2D eigenvalue weighted by Gasteiger charge is 2.35. The van der Waals surface area contributed by atoms with E-state index < -0.39 is 18.0 Å². The molecule has 3 rings (SSSR count). The molecule has 0 radical (unpaired) electrons. The van der Waals surface area contributed by atoms with Crippen LogP contribution in [0.1, 0.15) is 24.8 Å². The molecule has 0 spiro atoms. The van der Waals surface area contributed by atoms with E-state index in [1.54, 1.807) is 4.90 Å². The average molecular weight is 302 g/mol. The summed E-state index contributed by atoms with van der Waals surface area (Å²) in [5, 5.41) is 13.1. The summed E-state index contributed by atoms with van der Waals surface area (Å²) in [6, 6.07) is 9.60. The van der Waals surface area contributed by atoms with E-state index >= 15 is 0 Å². The lowest BCUT2D eigenvalue weighted by Crippen LogP contribution is -2.46. The number of oxime groups is 1. The van der Waals surface area contributed by atoms with Crippen LogP contribution in [0.3, 0.4) is 0 Å². The molecule has 6 heteroatoms. The third kappa shape index (κ3) is 2.95. The molecule has 2 aliphatic heterocycles. The molecule has 2 atom stereocenters. The van der Waals surface area contributed by atoms with E-state index in [4.69, 9.17) is 9.94 Å². The molecule has 1 aromatic carbocycles. The summed E-state index contributed by atoms with van der Waals surface area (Å²) >= 11 is 0. The Hall–Kier alpha value is -2.37. The molecule has 22 heavy (non-hydrogen) atoms. The van der Waals surface area contributed by atoms with Gasteiger partial charge in [-0.1, -0.05) is 35.5 Å². The van der Waals surface area contributed by atoms with Crippen LogP contribution in [0, 0.1) is 5.92 Å². The van der Waals surface area contributed by atoms with E-state index in [1.807, 2.05) is 30.3 Å². The second-order valence-electron chi connectivity index (χ2n) is 5.66. The number of likely N-dealkylation sites (tertiary alicyclic amines) is 1. The van der Waals surface area contributed by atoms with Crippen molar-refractivity contribution in [1.29, 1.82) is 0 Å². The zero-order valence-electron chi connectivity index (χ0n) is 12.1. The van der Waals surface area contributed by atoms with Gasteiger partial charge >= 0.3 is 5.97 Å². The van der Waals surface area contributed by atoms with Crippen LogP contribution in [0.2, 0.25) is 0 Å². The van der Waals surface area contributed by atoms with Crippen molar-refractivity contribution in [1.82, 2.24) is 4.90 Å². The van der Waals surface area contributed by atoms with Gasteiger partial charge in [-0.25, -0.2) is 0 Å². The van der Waals surface area contributed by atoms with Gasteiger partial charge in [-0.2, -0.15) is 0 Å². The molecule has 0 saturated carbocycles. The van der Waals surface area contributed by atoms with Gasteiger partial charge in [0.15, 0.2) is 0 Å². The van der Waals surface area contributed by atoms with E-state index in [1.165, 1.54) is 0 Å². The third-order valence-electron chi connectivity index (χ3n) is 4.13. The van der Waals surface area contributed by atoms with Crippen LogP contribution >= 0.6 is 0 Å². The van der Waals surface area contributed by atoms with Gasteiger partial charge in [0.05, 0.1) is 11.6 Å². The molecule has 2 aliphatic rings. The molecular weight excluding hydrogens is 284 g/mol.